The molecular formula is C12H11FN6. The van der Waals surface area contributed by atoms with Crippen molar-refractivity contribution in [2.75, 3.05) is 18.1 Å². The number of nitrogen functional groups attached to an aromatic ring is 1. The van der Waals surface area contributed by atoms with E-state index in [0.717, 1.165) is 5.56 Å². The summed E-state index contributed by atoms with van der Waals surface area (Å²) >= 11 is 0. The molecule has 0 aliphatic carbocycles. The highest BCUT2D eigenvalue weighted by atomic mass is 19.1. The Balaban J connectivity index is 2.30. The highest BCUT2D eigenvalue weighted by Gasteiger charge is 2.13. The van der Waals surface area contributed by atoms with Crippen molar-refractivity contribution in [2.24, 2.45) is 0 Å². The standard InChI is InChI=1S/C12H11FN6/c1-15-10-11-17-18-12(14)19(11)9(6-16-10)7-2-4-8(13)5-3-7/h2-6H,1H3,(H2,14,18)(H,15,16). The summed E-state index contributed by atoms with van der Waals surface area (Å²) in [5.41, 5.74) is 7.85. The zero-order valence-electron chi connectivity index (χ0n) is 10.1. The summed E-state index contributed by atoms with van der Waals surface area (Å²) in [6.07, 6.45) is 1.64. The maximum atomic E-state index is 13.0. The van der Waals surface area contributed by atoms with Gasteiger partial charge in [0.2, 0.25) is 11.6 Å². The number of aromatic nitrogens is 4. The Morgan fingerprint density at radius 2 is 1.95 bits per heavy atom. The van der Waals surface area contributed by atoms with Gasteiger partial charge in [-0.25, -0.2) is 9.37 Å². The van der Waals surface area contributed by atoms with Gasteiger partial charge in [-0.2, -0.15) is 0 Å². The number of hydrogen-bond acceptors (Lipinski definition) is 5. The molecule has 2 heterocycles. The van der Waals surface area contributed by atoms with E-state index in [9.17, 15) is 4.39 Å². The average molecular weight is 258 g/mol. The van der Waals surface area contributed by atoms with Crippen LogP contribution in [0.3, 0.4) is 0 Å². The van der Waals surface area contributed by atoms with Crippen LogP contribution >= 0.6 is 0 Å². The highest BCUT2D eigenvalue weighted by molar-refractivity contribution is 5.71. The van der Waals surface area contributed by atoms with Crippen LogP contribution in [-0.2, 0) is 0 Å². The van der Waals surface area contributed by atoms with Gasteiger partial charge in [-0.15, -0.1) is 10.2 Å². The molecule has 96 valence electrons. The summed E-state index contributed by atoms with van der Waals surface area (Å²) in [7, 11) is 1.74. The number of rotatable bonds is 2. The van der Waals surface area contributed by atoms with Crippen LogP contribution in [0.25, 0.3) is 16.9 Å². The second-order valence-corrected chi connectivity index (χ2v) is 3.97. The molecule has 0 saturated carbocycles. The maximum absolute atomic E-state index is 13.0. The summed E-state index contributed by atoms with van der Waals surface area (Å²) in [5, 5.41) is 10.7. The van der Waals surface area contributed by atoms with Gasteiger partial charge in [0.05, 0.1) is 11.9 Å². The molecule has 3 N–H and O–H groups in total. The van der Waals surface area contributed by atoms with Gasteiger partial charge in [-0.3, -0.25) is 4.40 Å². The summed E-state index contributed by atoms with van der Waals surface area (Å²) in [5.74, 6) is 0.541. The number of fused-ring (bicyclic) bond motifs is 1. The molecule has 0 unspecified atom stereocenters. The van der Waals surface area contributed by atoms with Gasteiger partial charge in [-0.05, 0) is 24.3 Å². The molecule has 0 aliphatic heterocycles. The van der Waals surface area contributed by atoms with Crippen LogP contribution < -0.4 is 11.1 Å². The zero-order chi connectivity index (χ0) is 13.4. The zero-order valence-corrected chi connectivity index (χ0v) is 10.1. The second-order valence-electron chi connectivity index (χ2n) is 3.97. The van der Waals surface area contributed by atoms with Gasteiger partial charge in [0.25, 0.3) is 0 Å². The predicted molar refractivity (Wildman–Crippen MR) is 70.1 cm³/mol. The summed E-state index contributed by atoms with van der Waals surface area (Å²) < 4.78 is 14.6. The summed E-state index contributed by atoms with van der Waals surface area (Å²) in [6, 6.07) is 6.08. The maximum Gasteiger partial charge on any atom is 0.227 e. The number of hydrogen-bond donors (Lipinski definition) is 2. The van der Waals surface area contributed by atoms with Crippen molar-refractivity contribution in [1.29, 1.82) is 0 Å². The molecule has 1 aromatic carbocycles. The van der Waals surface area contributed by atoms with E-state index in [1.54, 1.807) is 29.8 Å². The molecule has 3 rings (SSSR count). The lowest BCUT2D eigenvalue weighted by Crippen LogP contribution is -2.03. The normalized spacial score (nSPS) is 10.8. The Bertz CT molecular complexity index is 734. The molecular weight excluding hydrogens is 247 g/mol. The largest absolute Gasteiger partial charge is 0.370 e. The number of nitrogens with two attached hydrogens (primary N) is 1. The SMILES string of the molecule is CNc1ncc(-c2ccc(F)cc2)n2c(N)nnc12. The van der Waals surface area contributed by atoms with Crippen LogP contribution in [-0.4, -0.2) is 26.6 Å². The number of anilines is 2. The van der Waals surface area contributed by atoms with Crippen LogP contribution in [0.15, 0.2) is 30.5 Å². The molecule has 0 fully saturated rings. The van der Waals surface area contributed by atoms with Crippen molar-refractivity contribution in [3.05, 3.63) is 36.3 Å². The van der Waals surface area contributed by atoms with Crippen molar-refractivity contribution in [3.63, 3.8) is 0 Å². The lowest BCUT2D eigenvalue weighted by atomic mass is 10.1. The smallest absolute Gasteiger partial charge is 0.227 e. The Morgan fingerprint density at radius 3 is 2.63 bits per heavy atom. The van der Waals surface area contributed by atoms with Gasteiger partial charge in [0.1, 0.15) is 5.82 Å². The molecule has 0 radical (unpaired) electrons. The van der Waals surface area contributed by atoms with Gasteiger partial charge < -0.3 is 11.1 Å². The Kier molecular flexibility index (Phi) is 2.52. The van der Waals surface area contributed by atoms with Crippen LogP contribution in [0.1, 0.15) is 0 Å². The molecule has 2 aromatic heterocycles. The van der Waals surface area contributed by atoms with Crippen molar-refractivity contribution < 1.29 is 4.39 Å². The molecule has 6 nitrogen and oxygen atoms in total. The van der Waals surface area contributed by atoms with Crippen molar-refractivity contribution >= 4 is 17.4 Å². The first-order valence-electron chi connectivity index (χ1n) is 5.64. The monoisotopic (exact) mass is 258 g/mol. The third-order valence-corrected chi connectivity index (χ3v) is 2.83. The quantitative estimate of drug-likeness (QED) is 0.729. The number of nitrogens with zero attached hydrogens (tertiary/aromatic N) is 4. The molecule has 7 heteroatoms. The fourth-order valence-corrected chi connectivity index (χ4v) is 1.93. The van der Waals surface area contributed by atoms with Gasteiger partial charge in [-0.1, -0.05) is 0 Å². The Labute approximate surface area is 108 Å². The van der Waals surface area contributed by atoms with E-state index in [0.29, 0.717) is 17.2 Å². The van der Waals surface area contributed by atoms with E-state index in [1.165, 1.54) is 12.1 Å². The lowest BCUT2D eigenvalue weighted by Gasteiger charge is -2.08. The van der Waals surface area contributed by atoms with E-state index >= 15 is 0 Å². The topological polar surface area (TPSA) is 81.1 Å². The lowest BCUT2D eigenvalue weighted by molar-refractivity contribution is 0.628. The number of nitrogens with one attached hydrogen (secondary N) is 1. The van der Waals surface area contributed by atoms with E-state index in [2.05, 4.69) is 20.5 Å². The predicted octanol–water partition coefficient (Wildman–Crippen LogP) is 1.55. The van der Waals surface area contributed by atoms with Gasteiger partial charge in [0.15, 0.2) is 5.82 Å². The van der Waals surface area contributed by atoms with E-state index in [1.807, 2.05) is 0 Å². The minimum Gasteiger partial charge on any atom is -0.370 e. The number of halogens is 1. The van der Waals surface area contributed by atoms with Crippen molar-refractivity contribution in [2.45, 2.75) is 0 Å². The van der Waals surface area contributed by atoms with Crippen molar-refractivity contribution in [1.82, 2.24) is 19.6 Å². The first kappa shape index (κ1) is 11.4. The van der Waals surface area contributed by atoms with E-state index < -0.39 is 0 Å². The minimum absolute atomic E-state index is 0.258. The number of benzene rings is 1. The molecule has 3 aromatic rings. The summed E-state index contributed by atoms with van der Waals surface area (Å²) in [4.78, 5) is 4.25. The fraction of sp³-hybridized carbons (Fsp3) is 0.0833. The average Bonchev–Trinajstić information content (AvgIpc) is 2.82. The van der Waals surface area contributed by atoms with Gasteiger partial charge >= 0.3 is 0 Å². The molecule has 19 heavy (non-hydrogen) atoms. The highest BCUT2D eigenvalue weighted by Crippen LogP contribution is 2.24. The van der Waals surface area contributed by atoms with E-state index in [4.69, 9.17) is 5.73 Å². The molecule has 0 amide bonds. The van der Waals surface area contributed by atoms with Crippen LogP contribution in [0.4, 0.5) is 16.2 Å². The minimum atomic E-state index is -0.295. The molecule has 0 bridgehead atoms. The third kappa shape index (κ3) is 1.75. The van der Waals surface area contributed by atoms with Crippen LogP contribution in [0, 0.1) is 5.82 Å². The fourth-order valence-electron chi connectivity index (χ4n) is 1.93. The summed E-state index contributed by atoms with van der Waals surface area (Å²) in [6.45, 7) is 0. The van der Waals surface area contributed by atoms with Crippen molar-refractivity contribution in [3.8, 4) is 11.3 Å². The molecule has 0 atom stereocenters. The van der Waals surface area contributed by atoms with Crippen LogP contribution in [0.2, 0.25) is 0 Å². The molecule has 0 spiro atoms. The first-order valence-corrected chi connectivity index (χ1v) is 5.64. The third-order valence-electron chi connectivity index (χ3n) is 2.83. The Morgan fingerprint density at radius 1 is 1.21 bits per heavy atom. The van der Waals surface area contributed by atoms with E-state index in [-0.39, 0.29) is 11.8 Å². The van der Waals surface area contributed by atoms with Gasteiger partial charge in [0, 0.05) is 12.6 Å². The Hall–Kier alpha value is -2.70. The first-order chi connectivity index (χ1) is 9.20. The van der Waals surface area contributed by atoms with Crippen LogP contribution in [0.5, 0.6) is 0 Å². The molecule has 0 aliphatic rings. The molecule has 0 saturated heterocycles. The second kappa shape index (κ2) is 4.20.